The third kappa shape index (κ3) is 2.75. The van der Waals surface area contributed by atoms with Crippen molar-refractivity contribution in [2.75, 3.05) is 5.73 Å². The molecule has 0 aliphatic carbocycles. The van der Waals surface area contributed by atoms with Crippen molar-refractivity contribution in [3.05, 3.63) is 59.4 Å². The van der Waals surface area contributed by atoms with Crippen molar-refractivity contribution >= 4 is 11.7 Å². The molecule has 0 atom stereocenters. The van der Waals surface area contributed by atoms with Gasteiger partial charge in [0.1, 0.15) is 5.82 Å². The first-order valence-corrected chi connectivity index (χ1v) is 8.70. The number of H-pyrrole nitrogens is 1. The minimum atomic E-state index is -0.284. The molecule has 1 aliphatic heterocycles. The number of nitrogens with two attached hydrogens (primary N) is 1. The molecular formula is C21H22N4O. The standard InChI is InChI=1S/C21H22N4O/c1-12-5-4-6-13(9-12)17-18-15(11-21(2,3)25-20(18)26)24-19(17)14-7-8-23-16(22)10-14/h4-10,24H,11H2,1-3H3,(H2,22,23)(H,25,26). The Labute approximate surface area is 152 Å². The quantitative estimate of drug-likeness (QED) is 0.661. The average Bonchev–Trinajstić information content (AvgIpc) is 2.93. The summed E-state index contributed by atoms with van der Waals surface area (Å²) in [6, 6.07) is 12.0. The largest absolute Gasteiger partial charge is 0.384 e. The number of aromatic nitrogens is 2. The summed E-state index contributed by atoms with van der Waals surface area (Å²) in [4.78, 5) is 20.5. The van der Waals surface area contributed by atoms with E-state index < -0.39 is 0 Å². The lowest BCUT2D eigenvalue weighted by Crippen LogP contribution is -2.49. The van der Waals surface area contributed by atoms with Crippen molar-refractivity contribution in [3.63, 3.8) is 0 Å². The lowest BCUT2D eigenvalue weighted by Gasteiger charge is -2.31. The SMILES string of the molecule is Cc1cccc(-c2c(-c3ccnc(N)c3)[nH]c3c2C(=O)NC(C)(C)C3)c1. The molecule has 0 spiro atoms. The maximum atomic E-state index is 12.9. The molecule has 132 valence electrons. The number of rotatable bonds is 2. The van der Waals surface area contributed by atoms with E-state index in [2.05, 4.69) is 34.3 Å². The molecule has 0 bridgehead atoms. The second kappa shape index (κ2) is 5.73. The van der Waals surface area contributed by atoms with Crippen LogP contribution in [0.15, 0.2) is 42.6 Å². The van der Waals surface area contributed by atoms with Crippen LogP contribution in [0.1, 0.15) is 35.5 Å². The summed E-state index contributed by atoms with van der Waals surface area (Å²) in [6.07, 6.45) is 2.43. The van der Waals surface area contributed by atoms with Crippen LogP contribution >= 0.6 is 0 Å². The van der Waals surface area contributed by atoms with Crippen molar-refractivity contribution in [2.45, 2.75) is 32.7 Å². The molecule has 26 heavy (non-hydrogen) atoms. The molecule has 5 nitrogen and oxygen atoms in total. The summed E-state index contributed by atoms with van der Waals surface area (Å²) in [7, 11) is 0. The number of aromatic amines is 1. The molecule has 4 rings (SSSR count). The summed E-state index contributed by atoms with van der Waals surface area (Å²) in [5, 5.41) is 3.12. The van der Waals surface area contributed by atoms with Gasteiger partial charge in [-0.1, -0.05) is 29.8 Å². The van der Waals surface area contributed by atoms with E-state index in [4.69, 9.17) is 5.73 Å². The van der Waals surface area contributed by atoms with Gasteiger partial charge in [0, 0.05) is 35.0 Å². The Morgan fingerprint density at radius 3 is 2.65 bits per heavy atom. The number of nitrogen functional groups attached to an aromatic ring is 1. The molecule has 0 fully saturated rings. The Kier molecular flexibility index (Phi) is 3.61. The molecule has 5 heteroatoms. The van der Waals surface area contributed by atoms with Gasteiger partial charge in [-0.3, -0.25) is 4.79 Å². The predicted octanol–water partition coefficient (Wildman–Crippen LogP) is 3.70. The van der Waals surface area contributed by atoms with Gasteiger partial charge in [-0.2, -0.15) is 0 Å². The number of benzene rings is 1. The van der Waals surface area contributed by atoms with Gasteiger partial charge in [-0.25, -0.2) is 4.98 Å². The minimum absolute atomic E-state index is 0.0442. The highest BCUT2D eigenvalue weighted by Gasteiger charge is 2.35. The van der Waals surface area contributed by atoms with Gasteiger partial charge >= 0.3 is 0 Å². The molecule has 0 unspecified atom stereocenters. The first kappa shape index (κ1) is 16.4. The van der Waals surface area contributed by atoms with Crippen molar-refractivity contribution in [2.24, 2.45) is 0 Å². The van der Waals surface area contributed by atoms with E-state index in [0.717, 1.165) is 45.6 Å². The summed E-state index contributed by atoms with van der Waals surface area (Å²) >= 11 is 0. The lowest BCUT2D eigenvalue weighted by molar-refractivity contribution is 0.0897. The number of carbonyl (C=O) groups excluding carboxylic acids is 1. The van der Waals surface area contributed by atoms with Gasteiger partial charge in [0.25, 0.3) is 5.91 Å². The summed E-state index contributed by atoms with van der Waals surface area (Å²) in [6.45, 7) is 6.12. The van der Waals surface area contributed by atoms with E-state index in [-0.39, 0.29) is 11.4 Å². The van der Waals surface area contributed by atoms with E-state index in [1.54, 1.807) is 6.20 Å². The third-order valence-corrected chi connectivity index (χ3v) is 4.75. The Balaban J connectivity index is 2.01. The molecule has 0 radical (unpaired) electrons. The number of hydrogen-bond donors (Lipinski definition) is 3. The number of nitrogens with zero attached hydrogens (tertiary/aromatic N) is 1. The van der Waals surface area contributed by atoms with Crippen LogP contribution < -0.4 is 11.1 Å². The number of hydrogen-bond acceptors (Lipinski definition) is 3. The van der Waals surface area contributed by atoms with Crippen molar-refractivity contribution in [1.29, 1.82) is 0 Å². The summed E-state index contributed by atoms with van der Waals surface area (Å²) < 4.78 is 0. The van der Waals surface area contributed by atoms with E-state index in [0.29, 0.717) is 5.82 Å². The van der Waals surface area contributed by atoms with E-state index >= 15 is 0 Å². The van der Waals surface area contributed by atoms with E-state index in [1.807, 2.05) is 38.1 Å². The maximum Gasteiger partial charge on any atom is 0.254 e. The van der Waals surface area contributed by atoms with Gasteiger partial charge in [0.05, 0.1) is 11.3 Å². The summed E-state index contributed by atoms with van der Waals surface area (Å²) in [5.41, 5.74) is 12.2. The second-order valence-electron chi connectivity index (χ2n) is 7.58. The number of fused-ring (bicyclic) bond motifs is 1. The Bertz CT molecular complexity index is 1020. The van der Waals surface area contributed by atoms with Gasteiger partial charge < -0.3 is 16.0 Å². The second-order valence-corrected chi connectivity index (χ2v) is 7.58. The van der Waals surface area contributed by atoms with Crippen LogP contribution in [0.5, 0.6) is 0 Å². The fourth-order valence-electron chi connectivity index (χ4n) is 3.70. The molecule has 1 amide bonds. The van der Waals surface area contributed by atoms with E-state index in [9.17, 15) is 4.79 Å². The molecule has 4 N–H and O–H groups in total. The monoisotopic (exact) mass is 346 g/mol. The molecule has 0 saturated carbocycles. The zero-order valence-electron chi connectivity index (χ0n) is 15.2. The Morgan fingerprint density at radius 2 is 1.92 bits per heavy atom. The zero-order chi connectivity index (χ0) is 18.5. The average molecular weight is 346 g/mol. The Hall–Kier alpha value is -3.08. The summed E-state index contributed by atoms with van der Waals surface area (Å²) in [5.74, 6) is 0.410. The van der Waals surface area contributed by atoms with Gasteiger partial charge in [0.15, 0.2) is 0 Å². The smallest absolute Gasteiger partial charge is 0.254 e. The fourth-order valence-corrected chi connectivity index (χ4v) is 3.70. The van der Waals surface area contributed by atoms with Crippen molar-refractivity contribution in [3.8, 4) is 22.4 Å². The first-order valence-electron chi connectivity index (χ1n) is 8.70. The molecule has 0 saturated heterocycles. The highest BCUT2D eigenvalue weighted by atomic mass is 16.1. The number of pyridine rings is 1. The zero-order valence-corrected chi connectivity index (χ0v) is 15.2. The molecule has 1 aromatic carbocycles. The molecule has 3 heterocycles. The number of carbonyl (C=O) groups is 1. The number of nitrogens with one attached hydrogen (secondary N) is 2. The molecule has 2 aromatic heterocycles. The normalized spacial score (nSPS) is 15.4. The highest BCUT2D eigenvalue weighted by Crippen LogP contribution is 2.40. The first-order chi connectivity index (χ1) is 12.3. The fraction of sp³-hybridized carbons (Fsp3) is 0.238. The van der Waals surface area contributed by atoms with Gasteiger partial charge in [-0.05, 0) is 38.5 Å². The van der Waals surface area contributed by atoms with Crippen LogP contribution in [-0.4, -0.2) is 21.4 Å². The number of amides is 1. The van der Waals surface area contributed by atoms with Crippen LogP contribution in [0, 0.1) is 6.92 Å². The van der Waals surface area contributed by atoms with Crippen LogP contribution in [0.25, 0.3) is 22.4 Å². The van der Waals surface area contributed by atoms with E-state index in [1.165, 1.54) is 0 Å². The predicted molar refractivity (Wildman–Crippen MR) is 104 cm³/mol. The number of anilines is 1. The minimum Gasteiger partial charge on any atom is -0.384 e. The molecule has 1 aliphatic rings. The molecule has 3 aromatic rings. The Morgan fingerprint density at radius 1 is 1.12 bits per heavy atom. The van der Waals surface area contributed by atoms with Crippen LogP contribution in [0.3, 0.4) is 0 Å². The highest BCUT2D eigenvalue weighted by molar-refractivity contribution is 6.07. The van der Waals surface area contributed by atoms with Crippen molar-refractivity contribution in [1.82, 2.24) is 15.3 Å². The van der Waals surface area contributed by atoms with Crippen molar-refractivity contribution < 1.29 is 4.79 Å². The third-order valence-electron chi connectivity index (χ3n) is 4.75. The van der Waals surface area contributed by atoms with Gasteiger partial charge in [-0.15, -0.1) is 0 Å². The number of aryl methyl sites for hydroxylation is 1. The topological polar surface area (TPSA) is 83.8 Å². The van der Waals surface area contributed by atoms with Crippen LogP contribution in [-0.2, 0) is 6.42 Å². The maximum absolute atomic E-state index is 12.9. The van der Waals surface area contributed by atoms with Crippen LogP contribution in [0.4, 0.5) is 5.82 Å². The molecular weight excluding hydrogens is 324 g/mol. The van der Waals surface area contributed by atoms with Gasteiger partial charge in [0.2, 0.25) is 0 Å². The van der Waals surface area contributed by atoms with Crippen LogP contribution in [0.2, 0.25) is 0 Å². The lowest BCUT2D eigenvalue weighted by atomic mass is 9.88.